The lowest BCUT2D eigenvalue weighted by Gasteiger charge is -2.29. The SMILES string of the molecule is COc1cc2c(c(Cl)c1OC)CC(C)n1c(C)c(-c3ccc(C(=O)O)cc3)c(-c3nc(C)no3)c1-2. The van der Waals surface area contributed by atoms with Crippen molar-refractivity contribution in [2.24, 2.45) is 0 Å². The number of nitrogens with zero attached hydrogens (tertiary/aromatic N) is 3. The molecule has 1 atom stereocenters. The molecule has 0 amide bonds. The van der Waals surface area contributed by atoms with E-state index in [1.54, 1.807) is 45.4 Å². The topological polar surface area (TPSA) is 99.6 Å². The summed E-state index contributed by atoms with van der Waals surface area (Å²) in [6, 6.07) is 8.80. The van der Waals surface area contributed by atoms with Gasteiger partial charge >= 0.3 is 5.97 Å². The van der Waals surface area contributed by atoms with Gasteiger partial charge in [0.25, 0.3) is 5.89 Å². The predicted octanol–water partition coefficient (Wildman–Crippen LogP) is 5.97. The number of rotatable bonds is 5. The molecule has 2 aromatic carbocycles. The largest absolute Gasteiger partial charge is 0.493 e. The highest BCUT2D eigenvalue weighted by Crippen LogP contribution is 2.53. The van der Waals surface area contributed by atoms with Gasteiger partial charge in [-0.3, -0.25) is 0 Å². The van der Waals surface area contributed by atoms with Gasteiger partial charge in [-0.25, -0.2) is 4.79 Å². The van der Waals surface area contributed by atoms with Crippen molar-refractivity contribution < 1.29 is 23.9 Å². The molecule has 1 unspecified atom stereocenters. The molecule has 1 aliphatic heterocycles. The van der Waals surface area contributed by atoms with Crippen molar-refractivity contribution in [2.45, 2.75) is 33.2 Å². The molecule has 180 valence electrons. The van der Waals surface area contributed by atoms with Gasteiger partial charge in [0.15, 0.2) is 17.3 Å². The van der Waals surface area contributed by atoms with Crippen LogP contribution in [-0.2, 0) is 6.42 Å². The molecule has 0 spiro atoms. The zero-order chi connectivity index (χ0) is 25.0. The molecule has 4 aromatic rings. The van der Waals surface area contributed by atoms with Crippen molar-refractivity contribution in [3.8, 4) is 45.3 Å². The molecule has 1 N–H and O–H groups in total. The molecular formula is C26H24ClN3O5. The number of ether oxygens (including phenoxy) is 2. The first-order valence-electron chi connectivity index (χ1n) is 11.1. The molecule has 0 saturated heterocycles. The third-order valence-corrected chi connectivity index (χ3v) is 6.92. The minimum Gasteiger partial charge on any atom is -0.493 e. The molecule has 35 heavy (non-hydrogen) atoms. The van der Waals surface area contributed by atoms with Crippen molar-refractivity contribution in [2.75, 3.05) is 14.2 Å². The molecule has 5 rings (SSSR count). The van der Waals surface area contributed by atoms with E-state index in [9.17, 15) is 9.90 Å². The summed E-state index contributed by atoms with van der Waals surface area (Å²) in [6.07, 6.45) is 0.691. The van der Waals surface area contributed by atoms with Crippen LogP contribution in [0.3, 0.4) is 0 Å². The highest BCUT2D eigenvalue weighted by atomic mass is 35.5. The van der Waals surface area contributed by atoms with Crippen molar-refractivity contribution in [3.63, 3.8) is 0 Å². The first-order chi connectivity index (χ1) is 16.8. The fraction of sp³-hybridized carbons (Fsp3) is 0.269. The first-order valence-corrected chi connectivity index (χ1v) is 11.5. The van der Waals surface area contributed by atoms with Crippen LogP contribution in [0.2, 0.25) is 5.02 Å². The summed E-state index contributed by atoms with van der Waals surface area (Å²) in [4.78, 5) is 16.0. The van der Waals surface area contributed by atoms with E-state index in [2.05, 4.69) is 21.6 Å². The molecule has 0 aliphatic carbocycles. The van der Waals surface area contributed by atoms with Gasteiger partial charge < -0.3 is 23.7 Å². The summed E-state index contributed by atoms with van der Waals surface area (Å²) in [6.45, 7) is 5.94. The Morgan fingerprint density at radius 1 is 1.17 bits per heavy atom. The zero-order valence-corrected chi connectivity index (χ0v) is 20.7. The Kier molecular flexibility index (Phi) is 5.56. The third kappa shape index (κ3) is 3.47. The maximum atomic E-state index is 11.4. The second kappa shape index (κ2) is 8.46. The van der Waals surface area contributed by atoms with Gasteiger partial charge in [-0.15, -0.1) is 0 Å². The number of carbonyl (C=O) groups is 1. The summed E-state index contributed by atoms with van der Waals surface area (Å²) >= 11 is 6.83. The number of carboxylic acid groups (broad SMARTS) is 1. The summed E-state index contributed by atoms with van der Waals surface area (Å²) in [7, 11) is 3.15. The van der Waals surface area contributed by atoms with Gasteiger partial charge in [0.2, 0.25) is 0 Å². The lowest BCUT2D eigenvalue weighted by atomic mass is 9.90. The third-order valence-electron chi connectivity index (χ3n) is 6.52. The highest BCUT2D eigenvalue weighted by Gasteiger charge is 2.35. The Morgan fingerprint density at radius 3 is 2.46 bits per heavy atom. The van der Waals surface area contributed by atoms with E-state index in [0.717, 1.165) is 39.2 Å². The number of fused-ring (bicyclic) bond motifs is 3. The molecule has 1 aliphatic rings. The number of hydrogen-bond acceptors (Lipinski definition) is 6. The molecule has 8 nitrogen and oxygen atoms in total. The van der Waals surface area contributed by atoms with Crippen molar-refractivity contribution >= 4 is 17.6 Å². The lowest BCUT2D eigenvalue weighted by Crippen LogP contribution is -2.18. The van der Waals surface area contributed by atoms with Crippen LogP contribution >= 0.6 is 11.6 Å². The molecule has 0 radical (unpaired) electrons. The van der Waals surface area contributed by atoms with Crippen LogP contribution in [0, 0.1) is 13.8 Å². The van der Waals surface area contributed by atoms with E-state index in [4.69, 9.17) is 25.6 Å². The van der Waals surface area contributed by atoms with Crippen molar-refractivity contribution in [3.05, 3.63) is 58.0 Å². The second-order valence-corrected chi connectivity index (χ2v) is 8.97. The number of benzene rings is 2. The number of aryl methyl sites for hydroxylation is 1. The Balaban J connectivity index is 1.88. The summed E-state index contributed by atoms with van der Waals surface area (Å²) in [5.74, 6) is 0.935. The van der Waals surface area contributed by atoms with Crippen LogP contribution < -0.4 is 9.47 Å². The zero-order valence-electron chi connectivity index (χ0n) is 20.0. The molecule has 2 aromatic heterocycles. The number of aromatic nitrogens is 3. The van der Waals surface area contributed by atoms with Gasteiger partial charge in [0.1, 0.15) is 0 Å². The average molecular weight is 494 g/mol. The predicted molar refractivity (Wildman–Crippen MR) is 132 cm³/mol. The van der Waals surface area contributed by atoms with Crippen LogP contribution in [0.4, 0.5) is 0 Å². The van der Waals surface area contributed by atoms with Crippen LogP contribution in [0.15, 0.2) is 34.9 Å². The van der Waals surface area contributed by atoms with Gasteiger partial charge in [-0.2, -0.15) is 4.98 Å². The smallest absolute Gasteiger partial charge is 0.335 e. The summed E-state index contributed by atoms with van der Waals surface area (Å²) in [5, 5.41) is 13.9. The van der Waals surface area contributed by atoms with E-state index >= 15 is 0 Å². The molecule has 9 heteroatoms. The number of methoxy groups -OCH3 is 2. The average Bonchev–Trinajstić information content (AvgIpc) is 3.40. The van der Waals surface area contributed by atoms with Crippen LogP contribution in [0.1, 0.15) is 40.4 Å². The summed E-state index contributed by atoms with van der Waals surface area (Å²) in [5.41, 5.74) is 6.46. The Labute approximate surface area is 207 Å². The van der Waals surface area contributed by atoms with E-state index < -0.39 is 5.97 Å². The number of aromatic carboxylic acids is 1. The summed E-state index contributed by atoms with van der Waals surface area (Å²) < 4.78 is 19.1. The maximum absolute atomic E-state index is 11.4. The number of carboxylic acids is 1. The minimum atomic E-state index is -0.976. The van der Waals surface area contributed by atoms with E-state index in [0.29, 0.717) is 34.7 Å². The van der Waals surface area contributed by atoms with E-state index in [1.165, 1.54) is 0 Å². The standard InChI is InChI=1S/C26H24ClN3O5/c1-12-10-17-18(11-19(33-4)24(34-5)22(17)27)23-21(25-28-14(3)29-35-25)20(13(2)30(12)23)15-6-8-16(9-7-15)26(31)32/h6-9,11-12H,10H2,1-5H3,(H,31,32). The van der Waals surface area contributed by atoms with E-state index in [-0.39, 0.29) is 11.6 Å². The second-order valence-electron chi connectivity index (χ2n) is 8.59. The monoisotopic (exact) mass is 493 g/mol. The van der Waals surface area contributed by atoms with Gasteiger partial charge in [0, 0.05) is 22.9 Å². The molecule has 0 bridgehead atoms. The van der Waals surface area contributed by atoms with Gasteiger partial charge in [0.05, 0.1) is 36.1 Å². The Bertz CT molecular complexity index is 1470. The Hall–Kier alpha value is -3.78. The highest BCUT2D eigenvalue weighted by molar-refractivity contribution is 6.33. The molecule has 3 heterocycles. The fourth-order valence-electron chi connectivity index (χ4n) is 5.05. The van der Waals surface area contributed by atoms with Gasteiger partial charge in [-0.05, 0) is 56.5 Å². The lowest BCUT2D eigenvalue weighted by molar-refractivity contribution is 0.0697. The van der Waals surface area contributed by atoms with Crippen molar-refractivity contribution in [1.29, 1.82) is 0 Å². The normalized spacial score (nSPS) is 14.4. The quantitative estimate of drug-likeness (QED) is 0.365. The maximum Gasteiger partial charge on any atom is 0.335 e. The molecule has 0 saturated carbocycles. The van der Waals surface area contributed by atoms with Gasteiger partial charge in [-0.1, -0.05) is 28.9 Å². The number of hydrogen-bond donors (Lipinski definition) is 1. The minimum absolute atomic E-state index is 0.0721. The van der Waals surface area contributed by atoms with Crippen LogP contribution in [-0.4, -0.2) is 40.0 Å². The van der Waals surface area contributed by atoms with E-state index in [1.807, 2.05) is 13.0 Å². The number of halogens is 1. The van der Waals surface area contributed by atoms with Crippen LogP contribution in [0.5, 0.6) is 11.5 Å². The molecule has 0 fully saturated rings. The fourth-order valence-corrected chi connectivity index (χ4v) is 5.40. The van der Waals surface area contributed by atoms with Crippen molar-refractivity contribution in [1.82, 2.24) is 14.7 Å². The first kappa shape index (κ1) is 23.0. The molecular weight excluding hydrogens is 470 g/mol. The Morgan fingerprint density at radius 2 is 1.89 bits per heavy atom. The van der Waals surface area contributed by atoms with Crippen LogP contribution in [0.25, 0.3) is 33.8 Å².